The van der Waals surface area contributed by atoms with Crippen molar-refractivity contribution in [3.63, 3.8) is 0 Å². The Morgan fingerprint density at radius 2 is 2.08 bits per heavy atom. The third-order valence-corrected chi connectivity index (χ3v) is 3.59. The van der Waals surface area contributed by atoms with Gasteiger partial charge in [-0.1, -0.05) is 11.6 Å². The lowest BCUT2D eigenvalue weighted by Crippen LogP contribution is -2.37. The highest BCUT2D eigenvalue weighted by atomic mass is 32.2. The van der Waals surface area contributed by atoms with E-state index in [4.69, 9.17) is 5.73 Å². The van der Waals surface area contributed by atoms with Crippen molar-refractivity contribution in [3.05, 3.63) is 11.6 Å². The van der Waals surface area contributed by atoms with Gasteiger partial charge >= 0.3 is 0 Å². The molecule has 0 bridgehead atoms. The third-order valence-electron chi connectivity index (χ3n) is 2.09. The van der Waals surface area contributed by atoms with Crippen LogP contribution in [0.3, 0.4) is 0 Å². The normalized spacial score (nSPS) is 23.4. The van der Waals surface area contributed by atoms with Gasteiger partial charge in [0, 0.05) is 5.54 Å². The molecule has 1 rings (SSSR count). The van der Waals surface area contributed by atoms with Crippen molar-refractivity contribution in [1.29, 1.82) is 0 Å². The highest BCUT2D eigenvalue weighted by Crippen LogP contribution is 2.21. The molecule has 70 valence electrons. The molecule has 0 aromatic carbocycles. The van der Waals surface area contributed by atoms with E-state index in [-0.39, 0.29) is 17.0 Å². The molecule has 0 fully saturated rings. The van der Waals surface area contributed by atoms with Crippen molar-refractivity contribution in [1.82, 2.24) is 0 Å². The first kappa shape index (κ1) is 9.74. The monoisotopic (exact) mass is 189 g/mol. The highest BCUT2D eigenvalue weighted by molar-refractivity contribution is 7.91. The Hall–Kier alpha value is -0.350. The quantitative estimate of drug-likeness (QED) is 0.610. The van der Waals surface area contributed by atoms with Gasteiger partial charge in [0.15, 0.2) is 9.84 Å². The lowest BCUT2D eigenvalue weighted by molar-refractivity contribution is 0.570. The minimum absolute atomic E-state index is 0.156. The van der Waals surface area contributed by atoms with Gasteiger partial charge in [-0.25, -0.2) is 8.42 Å². The number of rotatable bonds is 1. The maximum Gasteiger partial charge on any atom is 0.154 e. The summed E-state index contributed by atoms with van der Waals surface area (Å²) >= 11 is 0. The summed E-state index contributed by atoms with van der Waals surface area (Å²) in [6.45, 7) is 3.80. The first-order valence-electron chi connectivity index (χ1n) is 4.00. The molecule has 1 heterocycles. The second kappa shape index (κ2) is 2.85. The molecule has 0 radical (unpaired) electrons. The van der Waals surface area contributed by atoms with Crippen LogP contribution in [0.5, 0.6) is 0 Å². The van der Waals surface area contributed by atoms with E-state index in [0.717, 1.165) is 5.57 Å². The van der Waals surface area contributed by atoms with Crippen LogP contribution in [-0.4, -0.2) is 25.5 Å². The van der Waals surface area contributed by atoms with E-state index in [1.807, 2.05) is 13.8 Å². The number of sulfone groups is 1. The summed E-state index contributed by atoms with van der Waals surface area (Å²) in [4.78, 5) is 0. The molecule has 0 atom stereocenters. The number of hydrogen-bond donors (Lipinski definition) is 1. The fourth-order valence-corrected chi connectivity index (χ4v) is 2.42. The zero-order chi connectivity index (χ0) is 9.41. The highest BCUT2D eigenvalue weighted by Gasteiger charge is 2.24. The van der Waals surface area contributed by atoms with Crippen LogP contribution in [0.2, 0.25) is 0 Å². The number of hydrogen-bond acceptors (Lipinski definition) is 3. The molecular weight excluding hydrogens is 174 g/mol. The molecule has 3 nitrogen and oxygen atoms in total. The maximum absolute atomic E-state index is 11.0. The summed E-state index contributed by atoms with van der Waals surface area (Å²) in [5.41, 5.74) is 6.52. The predicted molar refractivity (Wildman–Crippen MR) is 49.6 cm³/mol. The Labute approximate surface area is 73.6 Å². The van der Waals surface area contributed by atoms with E-state index in [1.54, 1.807) is 6.08 Å². The van der Waals surface area contributed by atoms with Crippen LogP contribution in [0, 0.1) is 0 Å². The summed E-state index contributed by atoms with van der Waals surface area (Å²) in [7, 11) is -2.81. The SMILES string of the molecule is CC(C)(N)C1=CCS(=O)(=O)CC1. The Morgan fingerprint density at radius 1 is 1.50 bits per heavy atom. The Kier molecular flexibility index (Phi) is 2.31. The molecule has 4 heteroatoms. The topological polar surface area (TPSA) is 60.2 Å². The van der Waals surface area contributed by atoms with Crippen molar-refractivity contribution in [2.24, 2.45) is 5.73 Å². The molecule has 1 aliphatic rings. The van der Waals surface area contributed by atoms with E-state index in [1.165, 1.54) is 0 Å². The summed E-state index contributed by atoms with van der Waals surface area (Å²) < 4.78 is 22.1. The van der Waals surface area contributed by atoms with E-state index in [2.05, 4.69) is 0 Å². The fraction of sp³-hybridized carbons (Fsp3) is 0.750. The van der Waals surface area contributed by atoms with Gasteiger partial charge in [-0.2, -0.15) is 0 Å². The van der Waals surface area contributed by atoms with Crippen molar-refractivity contribution in [2.75, 3.05) is 11.5 Å². The van der Waals surface area contributed by atoms with Crippen molar-refractivity contribution < 1.29 is 8.42 Å². The minimum Gasteiger partial charge on any atom is -0.322 e. The average molecular weight is 189 g/mol. The molecule has 0 spiro atoms. The van der Waals surface area contributed by atoms with Gasteiger partial charge in [0.25, 0.3) is 0 Å². The molecule has 1 aliphatic heterocycles. The third kappa shape index (κ3) is 2.32. The average Bonchev–Trinajstić information content (AvgIpc) is 1.83. The van der Waals surface area contributed by atoms with Crippen LogP contribution in [0.15, 0.2) is 11.6 Å². The lowest BCUT2D eigenvalue weighted by atomic mass is 9.93. The molecule has 0 saturated heterocycles. The zero-order valence-corrected chi connectivity index (χ0v) is 8.32. The first-order chi connectivity index (χ1) is 5.31. The molecule has 0 unspecified atom stereocenters. The van der Waals surface area contributed by atoms with Crippen LogP contribution >= 0.6 is 0 Å². The van der Waals surface area contributed by atoms with E-state index < -0.39 is 9.84 Å². The van der Waals surface area contributed by atoms with Gasteiger partial charge < -0.3 is 5.73 Å². The molecule has 12 heavy (non-hydrogen) atoms. The Morgan fingerprint density at radius 3 is 2.42 bits per heavy atom. The van der Waals surface area contributed by atoms with E-state index in [9.17, 15) is 8.42 Å². The van der Waals surface area contributed by atoms with Gasteiger partial charge in [0.1, 0.15) is 0 Å². The van der Waals surface area contributed by atoms with E-state index >= 15 is 0 Å². The zero-order valence-electron chi connectivity index (χ0n) is 7.50. The van der Waals surface area contributed by atoms with Crippen LogP contribution in [0.25, 0.3) is 0 Å². The van der Waals surface area contributed by atoms with Gasteiger partial charge in [0.2, 0.25) is 0 Å². The Balaban J connectivity index is 2.82. The fourth-order valence-electron chi connectivity index (χ4n) is 1.26. The molecule has 0 amide bonds. The van der Waals surface area contributed by atoms with Crippen molar-refractivity contribution in [3.8, 4) is 0 Å². The molecular formula is C8H15NO2S. The molecule has 0 saturated carbocycles. The van der Waals surface area contributed by atoms with Crippen LogP contribution in [-0.2, 0) is 9.84 Å². The Bertz CT molecular complexity index is 296. The lowest BCUT2D eigenvalue weighted by Gasteiger charge is -2.25. The van der Waals surface area contributed by atoms with Crippen LogP contribution in [0.4, 0.5) is 0 Å². The van der Waals surface area contributed by atoms with E-state index in [0.29, 0.717) is 6.42 Å². The predicted octanol–water partition coefficient (Wildman–Crippen LogP) is 0.469. The van der Waals surface area contributed by atoms with Crippen LogP contribution < -0.4 is 5.73 Å². The van der Waals surface area contributed by atoms with Crippen LogP contribution in [0.1, 0.15) is 20.3 Å². The molecule has 0 aliphatic carbocycles. The molecule has 0 aromatic heterocycles. The largest absolute Gasteiger partial charge is 0.322 e. The summed E-state index contributed by atoms with van der Waals surface area (Å²) in [5, 5.41) is 0. The maximum atomic E-state index is 11.0. The second-order valence-electron chi connectivity index (χ2n) is 3.82. The van der Waals surface area contributed by atoms with Gasteiger partial charge in [0.05, 0.1) is 11.5 Å². The molecule has 2 N–H and O–H groups in total. The van der Waals surface area contributed by atoms with Gasteiger partial charge in [-0.05, 0) is 20.3 Å². The summed E-state index contributed by atoms with van der Waals surface area (Å²) in [6.07, 6.45) is 2.34. The van der Waals surface area contributed by atoms with Crippen molar-refractivity contribution in [2.45, 2.75) is 25.8 Å². The summed E-state index contributed by atoms with van der Waals surface area (Å²) in [5.74, 6) is 0.405. The second-order valence-corrected chi connectivity index (χ2v) is 6.04. The van der Waals surface area contributed by atoms with Gasteiger partial charge in [-0.3, -0.25) is 0 Å². The van der Waals surface area contributed by atoms with Crippen molar-refractivity contribution >= 4 is 9.84 Å². The van der Waals surface area contributed by atoms with Gasteiger partial charge in [-0.15, -0.1) is 0 Å². The number of nitrogens with two attached hydrogens (primary N) is 1. The first-order valence-corrected chi connectivity index (χ1v) is 5.82. The summed E-state index contributed by atoms with van der Waals surface area (Å²) in [6, 6.07) is 0. The smallest absolute Gasteiger partial charge is 0.154 e. The minimum atomic E-state index is -2.81. The molecule has 0 aromatic rings. The standard InChI is InChI=1S/C8H15NO2S/c1-8(2,9)7-3-5-12(10,11)6-4-7/h3H,4-6,9H2,1-2H3.